The molecule has 2 aromatic carbocycles. The first kappa shape index (κ1) is 20.9. The minimum absolute atomic E-state index is 0.394. The summed E-state index contributed by atoms with van der Waals surface area (Å²) in [5, 5.41) is 9.66. The molecule has 0 radical (unpaired) electrons. The first-order chi connectivity index (χ1) is 15.3. The molecule has 0 unspecified atom stereocenters. The Balaban J connectivity index is 1.54. The summed E-state index contributed by atoms with van der Waals surface area (Å²) in [7, 11) is -1.22. The highest BCUT2D eigenvalue weighted by molar-refractivity contribution is 7.88. The highest BCUT2D eigenvalue weighted by Gasteiger charge is 2.21. The van der Waals surface area contributed by atoms with Gasteiger partial charge in [-0.15, -0.1) is 10.2 Å². The van der Waals surface area contributed by atoms with Crippen LogP contribution in [0, 0.1) is 0 Å². The fraction of sp³-hybridized carbons (Fsp3) is 0.227. The molecule has 10 heteroatoms. The van der Waals surface area contributed by atoms with E-state index in [9.17, 15) is 8.42 Å². The maximum Gasteiger partial charge on any atom is 0.257 e. The number of hydrogen-bond acceptors (Lipinski definition) is 6. The molecular weight excluding hydrogens is 448 g/mol. The summed E-state index contributed by atoms with van der Waals surface area (Å²) >= 11 is 6.24. The number of halogens is 1. The van der Waals surface area contributed by atoms with Crippen LogP contribution in [0.5, 0.6) is 0 Å². The molecule has 32 heavy (non-hydrogen) atoms. The maximum atomic E-state index is 11.8. The number of hydrogen-bond donors (Lipinski definition) is 0. The Morgan fingerprint density at radius 1 is 1.16 bits per heavy atom. The van der Waals surface area contributed by atoms with Gasteiger partial charge in [-0.2, -0.15) is 9.29 Å². The summed E-state index contributed by atoms with van der Waals surface area (Å²) < 4.78 is 26.9. The fourth-order valence-electron chi connectivity index (χ4n) is 4.03. The number of anilines is 2. The molecule has 0 fully saturated rings. The molecule has 0 spiro atoms. The SMILES string of the molecule is CN(c1cccc(C2=CCN(S(C)(=O)=O)CC2)c1)c1nc2nncn2c2cc(Cl)ccc12. The Hall–Kier alpha value is -3.01. The van der Waals surface area contributed by atoms with Crippen molar-refractivity contribution < 1.29 is 8.42 Å². The van der Waals surface area contributed by atoms with E-state index in [0.717, 1.165) is 33.5 Å². The third kappa shape index (κ3) is 3.72. The molecule has 1 aliphatic heterocycles. The van der Waals surface area contributed by atoms with Gasteiger partial charge in [-0.05, 0) is 47.9 Å². The largest absolute Gasteiger partial charge is 0.329 e. The number of sulfonamides is 1. The van der Waals surface area contributed by atoms with Crippen LogP contribution < -0.4 is 4.90 Å². The summed E-state index contributed by atoms with van der Waals surface area (Å²) in [6, 6.07) is 13.8. The van der Waals surface area contributed by atoms with Crippen molar-refractivity contribution in [3.05, 3.63) is 65.5 Å². The Bertz CT molecular complexity index is 1480. The van der Waals surface area contributed by atoms with Gasteiger partial charge in [0.2, 0.25) is 10.0 Å². The van der Waals surface area contributed by atoms with Crippen LogP contribution >= 0.6 is 11.6 Å². The molecule has 0 bridgehead atoms. The number of nitrogens with zero attached hydrogens (tertiary/aromatic N) is 6. The Labute approximate surface area is 190 Å². The van der Waals surface area contributed by atoms with E-state index < -0.39 is 10.0 Å². The molecule has 0 saturated carbocycles. The summed E-state index contributed by atoms with van der Waals surface area (Å²) in [5.74, 6) is 1.24. The average Bonchev–Trinajstić information content (AvgIpc) is 3.26. The predicted molar refractivity (Wildman–Crippen MR) is 127 cm³/mol. The van der Waals surface area contributed by atoms with Crippen molar-refractivity contribution in [1.82, 2.24) is 23.9 Å². The molecule has 2 aromatic heterocycles. The van der Waals surface area contributed by atoms with Gasteiger partial charge in [-0.3, -0.25) is 4.40 Å². The lowest BCUT2D eigenvalue weighted by Crippen LogP contribution is -2.33. The number of benzene rings is 2. The van der Waals surface area contributed by atoms with Crippen molar-refractivity contribution in [2.75, 3.05) is 31.3 Å². The van der Waals surface area contributed by atoms with Crippen LogP contribution in [0.1, 0.15) is 12.0 Å². The highest BCUT2D eigenvalue weighted by atomic mass is 35.5. The summed E-state index contributed by atoms with van der Waals surface area (Å²) in [6.07, 6.45) is 5.53. The van der Waals surface area contributed by atoms with Crippen LogP contribution in [0.4, 0.5) is 11.5 Å². The molecule has 0 amide bonds. The quantitative estimate of drug-likeness (QED) is 0.453. The lowest BCUT2D eigenvalue weighted by molar-refractivity contribution is 0.446. The van der Waals surface area contributed by atoms with Crippen molar-refractivity contribution in [2.45, 2.75) is 6.42 Å². The number of fused-ring (bicyclic) bond motifs is 3. The molecule has 0 aliphatic carbocycles. The van der Waals surface area contributed by atoms with E-state index in [1.54, 1.807) is 6.33 Å². The van der Waals surface area contributed by atoms with E-state index >= 15 is 0 Å². The monoisotopic (exact) mass is 468 g/mol. The second-order valence-electron chi connectivity index (χ2n) is 7.81. The first-order valence-electron chi connectivity index (χ1n) is 10.1. The molecule has 0 saturated heterocycles. The average molecular weight is 469 g/mol. The summed E-state index contributed by atoms with van der Waals surface area (Å²) in [4.78, 5) is 6.75. The van der Waals surface area contributed by atoms with Gasteiger partial charge in [0.05, 0.1) is 11.8 Å². The summed E-state index contributed by atoms with van der Waals surface area (Å²) in [5.41, 5.74) is 4.04. The second-order valence-corrected chi connectivity index (χ2v) is 10.2. The zero-order valence-electron chi connectivity index (χ0n) is 17.6. The molecule has 0 N–H and O–H groups in total. The summed E-state index contributed by atoms with van der Waals surface area (Å²) in [6.45, 7) is 0.881. The third-order valence-corrected chi connectivity index (χ3v) is 7.26. The Morgan fingerprint density at radius 3 is 2.75 bits per heavy atom. The van der Waals surface area contributed by atoms with Crippen LogP contribution in [0.15, 0.2) is 54.9 Å². The van der Waals surface area contributed by atoms with Crippen molar-refractivity contribution in [2.24, 2.45) is 0 Å². The molecule has 4 aromatic rings. The lowest BCUT2D eigenvalue weighted by Gasteiger charge is -2.25. The molecule has 5 rings (SSSR count). The van der Waals surface area contributed by atoms with E-state index in [-0.39, 0.29) is 0 Å². The van der Waals surface area contributed by atoms with E-state index in [2.05, 4.69) is 16.3 Å². The van der Waals surface area contributed by atoms with Crippen LogP contribution in [0.3, 0.4) is 0 Å². The molecule has 1 aliphatic rings. The standard InChI is InChI=1S/C22H21ClN6O2S/c1-27(21-19-7-6-17(23)13-20(19)29-14-24-26-22(29)25-21)18-5-3-4-16(12-18)15-8-10-28(11-9-15)32(2,30)31/h3-8,12-14H,9-11H2,1-2H3. The van der Waals surface area contributed by atoms with E-state index in [0.29, 0.717) is 30.3 Å². The topological polar surface area (TPSA) is 83.7 Å². The highest BCUT2D eigenvalue weighted by Crippen LogP contribution is 2.33. The molecule has 0 atom stereocenters. The van der Waals surface area contributed by atoms with Crippen molar-refractivity contribution in [3.63, 3.8) is 0 Å². The van der Waals surface area contributed by atoms with Gasteiger partial charge < -0.3 is 4.90 Å². The number of rotatable bonds is 4. The maximum absolute atomic E-state index is 11.8. The smallest absolute Gasteiger partial charge is 0.257 e. The second kappa shape index (κ2) is 7.84. The molecule has 164 valence electrons. The van der Waals surface area contributed by atoms with Crippen molar-refractivity contribution in [1.29, 1.82) is 0 Å². The zero-order chi connectivity index (χ0) is 22.5. The minimum Gasteiger partial charge on any atom is -0.329 e. The molecule has 8 nitrogen and oxygen atoms in total. The Morgan fingerprint density at radius 2 is 2.00 bits per heavy atom. The van der Waals surface area contributed by atoms with Crippen molar-refractivity contribution >= 4 is 55.4 Å². The van der Waals surface area contributed by atoms with E-state index in [1.807, 2.05) is 58.8 Å². The van der Waals surface area contributed by atoms with Gasteiger partial charge >= 0.3 is 0 Å². The molecular formula is C22H21ClN6O2S. The van der Waals surface area contributed by atoms with Gasteiger partial charge in [0.25, 0.3) is 5.78 Å². The van der Waals surface area contributed by atoms with E-state index in [4.69, 9.17) is 16.6 Å². The van der Waals surface area contributed by atoms with Crippen LogP contribution in [-0.2, 0) is 10.0 Å². The van der Waals surface area contributed by atoms with Crippen LogP contribution in [-0.4, -0.2) is 58.7 Å². The predicted octanol–water partition coefficient (Wildman–Crippen LogP) is 3.75. The normalized spacial score (nSPS) is 15.3. The fourth-order valence-corrected chi connectivity index (χ4v) is 4.96. The van der Waals surface area contributed by atoms with Gasteiger partial charge in [0.15, 0.2) is 0 Å². The van der Waals surface area contributed by atoms with E-state index in [1.165, 1.54) is 10.6 Å². The molecule has 3 heterocycles. The lowest BCUT2D eigenvalue weighted by atomic mass is 9.99. The van der Waals surface area contributed by atoms with Gasteiger partial charge in [0.1, 0.15) is 12.1 Å². The van der Waals surface area contributed by atoms with Crippen molar-refractivity contribution in [3.8, 4) is 0 Å². The van der Waals surface area contributed by atoms with Gasteiger partial charge in [-0.25, -0.2) is 8.42 Å². The van der Waals surface area contributed by atoms with Gasteiger partial charge in [-0.1, -0.05) is 29.8 Å². The Kier molecular flexibility index (Phi) is 5.11. The number of aromatic nitrogens is 4. The third-order valence-electron chi connectivity index (χ3n) is 5.76. The minimum atomic E-state index is -3.18. The van der Waals surface area contributed by atoms with Gasteiger partial charge in [0, 0.05) is 36.2 Å². The zero-order valence-corrected chi connectivity index (χ0v) is 19.2. The van der Waals surface area contributed by atoms with Crippen LogP contribution in [0.25, 0.3) is 22.3 Å². The first-order valence-corrected chi connectivity index (χ1v) is 12.3. The van der Waals surface area contributed by atoms with Crippen LogP contribution in [0.2, 0.25) is 5.02 Å².